The molecule has 0 aromatic heterocycles. The Kier molecular flexibility index (Phi) is 3.38. The number of likely N-dealkylation sites (tertiary alicyclic amines) is 1. The van der Waals surface area contributed by atoms with Gasteiger partial charge in [-0.05, 0) is 6.42 Å². The number of ketones is 1. The second kappa shape index (κ2) is 4.35. The Labute approximate surface area is 83.3 Å². The lowest BCUT2D eigenvalue weighted by atomic mass is 9.99. The van der Waals surface area contributed by atoms with Crippen molar-refractivity contribution in [2.24, 2.45) is 5.92 Å². The molecule has 78 valence electrons. The Hall–Kier alpha value is -1.19. The topological polar surface area (TPSA) is 54.5 Å². The van der Waals surface area contributed by atoms with E-state index in [0.717, 1.165) is 4.90 Å². The molecule has 1 heterocycles. The van der Waals surface area contributed by atoms with Crippen molar-refractivity contribution in [3.63, 3.8) is 0 Å². The van der Waals surface area contributed by atoms with Crippen LogP contribution in [-0.4, -0.2) is 29.5 Å². The fraction of sp³-hybridized carbons (Fsp3) is 0.700. The van der Waals surface area contributed by atoms with Crippen LogP contribution in [0.3, 0.4) is 0 Å². The molecule has 0 saturated carbocycles. The molecule has 1 aliphatic heterocycles. The minimum absolute atomic E-state index is 0.135. The number of hydrogen-bond donors (Lipinski definition) is 0. The molecule has 1 fully saturated rings. The molecule has 14 heavy (non-hydrogen) atoms. The van der Waals surface area contributed by atoms with Gasteiger partial charge in [0.1, 0.15) is 5.78 Å². The van der Waals surface area contributed by atoms with E-state index in [1.165, 1.54) is 7.05 Å². The van der Waals surface area contributed by atoms with Gasteiger partial charge in [-0.2, -0.15) is 0 Å². The Balaban J connectivity index is 2.44. The molecule has 0 radical (unpaired) electrons. The average Bonchev–Trinajstić information content (AvgIpc) is 2.42. The van der Waals surface area contributed by atoms with E-state index in [1.807, 2.05) is 0 Å². The van der Waals surface area contributed by atoms with Crippen LogP contribution in [0, 0.1) is 5.92 Å². The Bertz CT molecular complexity index is 273. The summed E-state index contributed by atoms with van der Waals surface area (Å²) in [5.74, 6) is -0.384. The first-order valence-corrected chi connectivity index (χ1v) is 4.88. The highest BCUT2D eigenvalue weighted by molar-refractivity contribution is 6.03. The number of amides is 2. The molecular weight excluding hydrogens is 182 g/mol. The van der Waals surface area contributed by atoms with Crippen LogP contribution in [0.5, 0.6) is 0 Å². The van der Waals surface area contributed by atoms with Gasteiger partial charge in [0, 0.05) is 32.2 Å². The first-order chi connectivity index (χ1) is 6.56. The van der Waals surface area contributed by atoms with Crippen molar-refractivity contribution >= 4 is 17.6 Å². The summed E-state index contributed by atoms with van der Waals surface area (Å²) in [6.07, 6.45) is 1.70. The van der Waals surface area contributed by atoms with Crippen LogP contribution in [0.25, 0.3) is 0 Å². The summed E-state index contributed by atoms with van der Waals surface area (Å²) >= 11 is 0. The average molecular weight is 197 g/mol. The van der Waals surface area contributed by atoms with Crippen molar-refractivity contribution in [2.45, 2.75) is 32.6 Å². The van der Waals surface area contributed by atoms with E-state index < -0.39 is 0 Å². The Morgan fingerprint density at radius 1 is 1.50 bits per heavy atom. The third-order valence-electron chi connectivity index (χ3n) is 2.64. The van der Waals surface area contributed by atoms with Crippen LogP contribution in [0.4, 0.5) is 0 Å². The third-order valence-corrected chi connectivity index (χ3v) is 2.64. The lowest BCUT2D eigenvalue weighted by Gasteiger charge is -2.07. The molecule has 0 unspecified atom stereocenters. The van der Waals surface area contributed by atoms with Gasteiger partial charge in [-0.25, -0.2) is 0 Å². The molecule has 4 heteroatoms. The highest BCUT2D eigenvalue weighted by Crippen LogP contribution is 2.22. The maximum absolute atomic E-state index is 11.4. The normalized spacial score (nSPS) is 21.9. The van der Waals surface area contributed by atoms with Gasteiger partial charge in [-0.3, -0.25) is 19.3 Å². The van der Waals surface area contributed by atoms with Crippen LogP contribution >= 0.6 is 0 Å². The van der Waals surface area contributed by atoms with Crippen LogP contribution in [-0.2, 0) is 14.4 Å². The molecule has 0 aromatic carbocycles. The summed E-state index contributed by atoms with van der Waals surface area (Å²) in [5, 5.41) is 0. The van der Waals surface area contributed by atoms with Crippen molar-refractivity contribution in [3.05, 3.63) is 0 Å². The second-order valence-electron chi connectivity index (χ2n) is 3.62. The standard InChI is InChI=1S/C10H15NO3/c1-3-8(12)5-4-7-6-9(13)11(2)10(7)14/h7H,3-6H2,1-2H3/t7-/m0/s1. The zero-order valence-electron chi connectivity index (χ0n) is 8.58. The van der Waals surface area contributed by atoms with Gasteiger partial charge in [0.2, 0.25) is 11.8 Å². The van der Waals surface area contributed by atoms with Gasteiger partial charge in [0.25, 0.3) is 0 Å². The summed E-state index contributed by atoms with van der Waals surface area (Å²) in [4.78, 5) is 34.7. The number of imide groups is 1. The van der Waals surface area contributed by atoms with Crippen LogP contribution in [0.2, 0.25) is 0 Å². The van der Waals surface area contributed by atoms with E-state index in [-0.39, 0.29) is 29.9 Å². The van der Waals surface area contributed by atoms with E-state index in [4.69, 9.17) is 0 Å². The number of nitrogens with zero attached hydrogens (tertiary/aromatic N) is 1. The Morgan fingerprint density at radius 2 is 2.14 bits per heavy atom. The Morgan fingerprint density at radius 3 is 2.57 bits per heavy atom. The quantitative estimate of drug-likeness (QED) is 0.625. The minimum Gasteiger partial charge on any atom is -0.300 e. The summed E-state index contributed by atoms with van der Waals surface area (Å²) in [6.45, 7) is 1.80. The first kappa shape index (κ1) is 10.9. The number of hydrogen-bond acceptors (Lipinski definition) is 3. The summed E-state index contributed by atoms with van der Waals surface area (Å²) < 4.78 is 0. The fourth-order valence-corrected chi connectivity index (χ4v) is 1.57. The number of carbonyl (C=O) groups excluding carboxylic acids is 3. The van der Waals surface area contributed by atoms with Crippen molar-refractivity contribution in [1.82, 2.24) is 4.90 Å². The molecule has 0 aliphatic carbocycles. The minimum atomic E-state index is -0.261. The number of carbonyl (C=O) groups is 3. The predicted octanol–water partition coefficient (Wildman–Crippen LogP) is 0.751. The number of Topliss-reactive ketones (excluding diaryl/α,β-unsaturated/α-hetero) is 1. The van der Waals surface area contributed by atoms with E-state index >= 15 is 0 Å². The molecule has 0 spiro atoms. The maximum Gasteiger partial charge on any atom is 0.232 e. The van der Waals surface area contributed by atoms with Gasteiger partial charge in [-0.1, -0.05) is 6.92 Å². The molecule has 4 nitrogen and oxygen atoms in total. The smallest absolute Gasteiger partial charge is 0.232 e. The van der Waals surface area contributed by atoms with Gasteiger partial charge in [0.15, 0.2) is 0 Å². The van der Waals surface area contributed by atoms with Crippen molar-refractivity contribution < 1.29 is 14.4 Å². The highest BCUT2D eigenvalue weighted by Gasteiger charge is 2.35. The van der Waals surface area contributed by atoms with E-state index in [0.29, 0.717) is 19.3 Å². The van der Waals surface area contributed by atoms with Gasteiger partial charge in [-0.15, -0.1) is 0 Å². The van der Waals surface area contributed by atoms with Crippen molar-refractivity contribution in [1.29, 1.82) is 0 Å². The zero-order valence-corrected chi connectivity index (χ0v) is 8.58. The molecule has 1 aliphatic rings. The van der Waals surface area contributed by atoms with Gasteiger partial charge < -0.3 is 0 Å². The summed E-state index contributed by atoms with van der Waals surface area (Å²) in [7, 11) is 1.49. The van der Waals surface area contributed by atoms with Crippen LogP contribution in [0.1, 0.15) is 32.6 Å². The van der Waals surface area contributed by atoms with E-state index in [1.54, 1.807) is 6.92 Å². The fourth-order valence-electron chi connectivity index (χ4n) is 1.57. The van der Waals surface area contributed by atoms with Crippen molar-refractivity contribution in [3.8, 4) is 0 Å². The predicted molar refractivity (Wildman–Crippen MR) is 50.4 cm³/mol. The monoisotopic (exact) mass is 197 g/mol. The second-order valence-corrected chi connectivity index (χ2v) is 3.62. The van der Waals surface area contributed by atoms with Gasteiger partial charge >= 0.3 is 0 Å². The molecule has 2 amide bonds. The largest absolute Gasteiger partial charge is 0.300 e. The van der Waals surface area contributed by atoms with Crippen molar-refractivity contribution in [2.75, 3.05) is 7.05 Å². The maximum atomic E-state index is 11.4. The SMILES string of the molecule is CCC(=O)CC[C@H]1CC(=O)N(C)C1=O. The molecule has 0 aromatic rings. The molecule has 0 N–H and O–H groups in total. The third kappa shape index (κ3) is 2.19. The lowest BCUT2D eigenvalue weighted by Crippen LogP contribution is -2.25. The zero-order chi connectivity index (χ0) is 10.7. The first-order valence-electron chi connectivity index (χ1n) is 4.88. The van der Waals surface area contributed by atoms with Crippen LogP contribution < -0.4 is 0 Å². The van der Waals surface area contributed by atoms with E-state index in [2.05, 4.69) is 0 Å². The van der Waals surface area contributed by atoms with E-state index in [9.17, 15) is 14.4 Å². The molecular formula is C10H15NO3. The highest BCUT2D eigenvalue weighted by atomic mass is 16.2. The molecule has 1 saturated heterocycles. The molecule has 0 bridgehead atoms. The summed E-state index contributed by atoms with van der Waals surface area (Å²) in [6, 6.07) is 0. The van der Waals surface area contributed by atoms with Crippen LogP contribution in [0.15, 0.2) is 0 Å². The molecule has 1 rings (SSSR count). The van der Waals surface area contributed by atoms with Gasteiger partial charge in [0.05, 0.1) is 0 Å². The number of rotatable bonds is 4. The summed E-state index contributed by atoms with van der Waals surface area (Å²) in [5.41, 5.74) is 0. The lowest BCUT2D eigenvalue weighted by molar-refractivity contribution is -0.137. The molecule has 1 atom stereocenters.